The minimum Gasteiger partial charge on any atom is -0.372 e. The predicted octanol–water partition coefficient (Wildman–Crippen LogP) is 7.49. The van der Waals surface area contributed by atoms with Gasteiger partial charge in [0, 0.05) is 41.8 Å². The molecule has 2 fully saturated rings. The van der Waals surface area contributed by atoms with E-state index in [1.807, 2.05) is 30.1 Å². The van der Waals surface area contributed by atoms with Crippen molar-refractivity contribution in [2.24, 2.45) is 4.99 Å². The zero-order valence-corrected chi connectivity index (χ0v) is 22.8. The van der Waals surface area contributed by atoms with Crippen LogP contribution in [0.5, 0.6) is 0 Å². The Morgan fingerprint density at radius 2 is 1.74 bits per heavy atom. The van der Waals surface area contributed by atoms with E-state index in [4.69, 9.17) is 16.6 Å². The van der Waals surface area contributed by atoms with E-state index in [2.05, 4.69) is 47.9 Å². The van der Waals surface area contributed by atoms with Crippen LogP contribution in [0.1, 0.15) is 46.0 Å². The molecule has 1 saturated carbocycles. The number of thioether (sulfide) groups is 2. The van der Waals surface area contributed by atoms with Gasteiger partial charge in [0.05, 0.1) is 16.4 Å². The van der Waals surface area contributed by atoms with Gasteiger partial charge in [0.25, 0.3) is 5.91 Å². The number of anilines is 2. The molecule has 0 N–H and O–H groups in total. The Hall–Kier alpha value is -2.09. The Morgan fingerprint density at radius 1 is 1.03 bits per heavy atom. The van der Waals surface area contributed by atoms with Gasteiger partial charge in [-0.2, -0.15) is 0 Å². The van der Waals surface area contributed by atoms with E-state index >= 15 is 0 Å². The van der Waals surface area contributed by atoms with Gasteiger partial charge >= 0.3 is 0 Å². The average molecular weight is 527 g/mol. The van der Waals surface area contributed by atoms with Crippen LogP contribution in [0.25, 0.3) is 0 Å². The fourth-order valence-electron chi connectivity index (χ4n) is 5.01. The highest BCUT2D eigenvalue weighted by molar-refractivity contribution is 8.19. The third kappa shape index (κ3) is 4.83. The van der Waals surface area contributed by atoms with E-state index in [-0.39, 0.29) is 11.9 Å². The molecule has 0 radical (unpaired) electrons. The number of hydrogen-bond acceptors (Lipinski definition) is 6. The zero-order chi connectivity index (χ0) is 24.5. The van der Waals surface area contributed by atoms with Crippen molar-refractivity contribution in [2.45, 2.75) is 56.9 Å². The lowest BCUT2D eigenvalue weighted by atomic mass is 9.94. The predicted molar refractivity (Wildman–Crippen MR) is 151 cm³/mol. The van der Waals surface area contributed by atoms with E-state index in [0.717, 1.165) is 70.1 Å². The summed E-state index contributed by atoms with van der Waals surface area (Å²) in [5.74, 6) is 0.0775. The lowest BCUT2D eigenvalue weighted by molar-refractivity contribution is -0.124. The summed E-state index contributed by atoms with van der Waals surface area (Å²) in [5.41, 5.74) is 3.12. The highest BCUT2D eigenvalue weighted by Gasteiger charge is 2.42. The molecule has 0 atom stereocenters. The second kappa shape index (κ2) is 10.5. The van der Waals surface area contributed by atoms with Crippen LogP contribution in [0.15, 0.2) is 62.3 Å². The van der Waals surface area contributed by atoms with Crippen molar-refractivity contribution < 1.29 is 4.79 Å². The van der Waals surface area contributed by atoms with Gasteiger partial charge in [-0.3, -0.25) is 9.69 Å². The van der Waals surface area contributed by atoms with Gasteiger partial charge in [0.1, 0.15) is 4.91 Å². The fourth-order valence-corrected chi connectivity index (χ4v) is 7.56. The number of carbonyl (C=O) groups excluding carboxylic acids is 1. The molecule has 5 rings (SSSR count). The Kier molecular flexibility index (Phi) is 7.37. The van der Waals surface area contributed by atoms with Crippen molar-refractivity contribution >= 4 is 63.3 Å². The summed E-state index contributed by atoms with van der Waals surface area (Å²) >= 11 is 9.41. The van der Waals surface area contributed by atoms with E-state index in [9.17, 15) is 4.79 Å². The van der Waals surface area contributed by atoms with Crippen LogP contribution in [-0.4, -0.2) is 42.2 Å². The highest BCUT2D eigenvalue weighted by atomic mass is 35.5. The summed E-state index contributed by atoms with van der Waals surface area (Å²) in [6.45, 7) is 6.28. The maximum atomic E-state index is 13.9. The van der Waals surface area contributed by atoms with Crippen LogP contribution < -0.4 is 9.80 Å². The van der Waals surface area contributed by atoms with Gasteiger partial charge in [-0.1, -0.05) is 42.6 Å². The minimum atomic E-state index is 0.0775. The molecule has 8 heteroatoms. The smallest absolute Gasteiger partial charge is 0.269 e. The number of nitrogens with zero attached hydrogens (tertiary/aromatic N) is 4. The van der Waals surface area contributed by atoms with Crippen molar-refractivity contribution in [3.8, 4) is 0 Å². The lowest BCUT2D eigenvalue weighted by Crippen LogP contribution is -2.40. The number of benzene rings is 2. The minimum absolute atomic E-state index is 0.0775. The van der Waals surface area contributed by atoms with Crippen molar-refractivity contribution in [3.05, 3.63) is 57.4 Å². The molecule has 5 nitrogen and oxygen atoms in total. The number of carbonyl (C=O) groups is 1. The molecule has 1 amide bonds. The number of aliphatic imine (C=N–C) groups is 1. The third-order valence-corrected chi connectivity index (χ3v) is 9.59. The molecule has 2 aromatic rings. The monoisotopic (exact) mass is 526 g/mol. The quantitative estimate of drug-likeness (QED) is 0.377. The van der Waals surface area contributed by atoms with Gasteiger partial charge in [0.2, 0.25) is 0 Å². The van der Waals surface area contributed by atoms with Crippen LogP contribution in [-0.2, 0) is 4.79 Å². The molecule has 0 bridgehead atoms. The summed E-state index contributed by atoms with van der Waals surface area (Å²) in [6, 6.07) is 14.5. The first-order valence-electron chi connectivity index (χ1n) is 12.4. The molecule has 3 aliphatic rings. The summed E-state index contributed by atoms with van der Waals surface area (Å²) in [6.07, 6.45) is 5.64. The maximum Gasteiger partial charge on any atom is 0.269 e. The molecule has 0 aromatic heterocycles. The topological polar surface area (TPSA) is 39.1 Å². The van der Waals surface area contributed by atoms with E-state index in [0.29, 0.717) is 5.02 Å². The number of halogens is 1. The van der Waals surface area contributed by atoms with Gasteiger partial charge in [-0.05, 0) is 80.9 Å². The molecule has 2 heterocycles. The standard InChI is InChI=1S/C27H31ClN4OS2/c1-4-31(5-2)20-14-12-19(13-15-20)29-27-32(21-9-7-6-8-10-21)25(33)24(35-27)26-30(3)22-17-18(28)11-16-23(22)34-26/h11-17,21H,4-10H2,1-3H3. The van der Waals surface area contributed by atoms with Crippen molar-refractivity contribution in [2.75, 3.05) is 29.9 Å². The van der Waals surface area contributed by atoms with Gasteiger partial charge in [-0.25, -0.2) is 4.99 Å². The number of fused-ring (bicyclic) bond motifs is 1. The second-order valence-corrected chi connectivity index (χ2v) is 11.5. The molecule has 0 spiro atoms. The SMILES string of the molecule is CCN(CC)c1ccc(N=C2SC(=C3Sc4ccc(Cl)cc4N3C)C(=O)N2C2CCCCC2)cc1. The Labute approximate surface area is 221 Å². The number of rotatable bonds is 5. The highest BCUT2D eigenvalue weighted by Crippen LogP contribution is 2.51. The first kappa shape index (κ1) is 24.6. The number of hydrogen-bond donors (Lipinski definition) is 0. The van der Waals surface area contributed by atoms with Crippen LogP contribution in [0, 0.1) is 0 Å². The molecule has 2 aliphatic heterocycles. The second-order valence-electron chi connectivity index (χ2n) is 9.06. The molecule has 184 valence electrons. The molecule has 2 aromatic carbocycles. The summed E-state index contributed by atoms with van der Waals surface area (Å²) < 4.78 is 0. The van der Waals surface area contributed by atoms with Gasteiger partial charge < -0.3 is 9.80 Å². The largest absolute Gasteiger partial charge is 0.372 e. The maximum absolute atomic E-state index is 13.9. The van der Waals surface area contributed by atoms with Crippen LogP contribution in [0.2, 0.25) is 5.02 Å². The van der Waals surface area contributed by atoms with Crippen LogP contribution in [0.3, 0.4) is 0 Å². The summed E-state index contributed by atoms with van der Waals surface area (Å²) in [5, 5.41) is 2.45. The average Bonchev–Trinajstić information content (AvgIpc) is 3.37. The fraction of sp³-hybridized carbons (Fsp3) is 0.407. The normalized spacial score (nSPS) is 21.8. The first-order chi connectivity index (χ1) is 17.0. The van der Waals surface area contributed by atoms with E-state index < -0.39 is 0 Å². The van der Waals surface area contributed by atoms with Gasteiger partial charge in [0.15, 0.2) is 5.17 Å². The molecule has 1 saturated heterocycles. The van der Waals surface area contributed by atoms with E-state index in [1.165, 1.54) is 23.9 Å². The Bertz CT molecular complexity index is 1170. The molecular weight excluding hydrogens is 496 g/mol. The summed E-state index contributed by atoms with van der Waals surface area (Å²) in [7, 11) is 2.01. The lowest BCUT2D eigenvalue weighted by Gasteiger charge is -2.30. The van der Waals surface area contributed by atoms with Crippen molar-refractivity contribution in [1.82, 2.24) is 4.90 Å². The third-order valence-electron chi connectivity index (χ3n) is 6.94. The summed E-state index contributed by atoms with van der Waals surface area (Å²) in [4.78, 5) is 27.1. The molecular formula is C27H31ClN4OS2. The molecule has 35 heavy (non-hydrogen) atoms. The zero-order valence-electron chi connectivity index (χ0n) is 20.5. The van der Waals surface area contributed by atoms with Crippen LogP contribution in [0.4, 0.5) is 17.1 Å². The van der Waals surface area contributed by atoms with Crippen molar-refractivity contribution in [3.63, 3.8) is 0 Å². The first-order valence-corrected chi connectivity index (χ1v) is 14.4. The van der Waals surface area contributed by atoms with Crippen molar-refractivity contribution in [1.29, 1.82) is 0 Å². The number of amides is 1. The van der Waals surface area contributed by atoms with Gasteiger partial charge in [-0.15, -0.1) is 0 Å². The Balaban J connectivity index is 1.50. The number of amidine groups is 1. The van der Waals surface area contributed by atoms with Crippen LogP contribution >= 0.6 is 35.1 Å². The van der Waals surface area contributed by atoms with E-state index in [1.54, 1.807) is 11.8 Å². The molecule has 1 aliphatic carbocycles. The Morgan fingerprint density at radius 3 is 2.43 bits per heavy atom. The molecule has 0 unspecified atom stereocenters.